The lowest BCUT2D eigenvalue weighted by atomic mass is 9.82. The van der Waals surface area contributed by atoms with E-state index in [4.69, 9.17) is 23.2 Å². The summed E-state index contributed by atoms with van der Waals surface area (Å²) in [5.74, 6) is -1.30. The van der Waals surface area contributed by atoms with E-state index in [1.165, 1.54) is 4.90 Å². The van der Waals surface area contributed by atoms with Crippen LogP contribution in [0.5, 0.6) is 0 Å². The van der Waals surface area contributed by atoms with Gasteiger partial charge in [0.25, 0.3) is 5.91 Å². The molecule has 2 aliphatic rings. The van der Waals surface area contributed by atoms with Gasteiger partial charge in [-0.05, 0) is 56.2 Å². The number of nitrogens with zero attached hydrogens (tertiary/aromatic N) is 1. The molecule has 5 nitrogen and oxygen atoms in total. The molecular formula is C22H18Cl2N2O3. The molecule has 0 spiro atoms. The van der Waals surface area contributed by atoms with Crippen LogP contribution in [0, 0.1) is 11.8 Å². The highest BCUT2D eigenvalue weighted by molar-refractivity contribution is 6.44. The van der Waals surface area contributed by atoms with Crippen LogP contribution in [-0.2, 0) is 9.59 Å². The van der Waals surface area contributed by atoms with Gasteiger partial charge in [0, 0.05) is 5.56 Å². The van der Waals surface area contributed by atoms with E-state index < -0.39 is 0 Å². The van der Waals surface area contributed by atoms with E-state index in [2.05, 4.69) is 5.32 Å². The topological polar surface area (TPSA) is 66.5 Å². The zero-order valence-corrected chi connectivity index (χ0v) is 17.1. The van der Waals surface area contributed by atoms with Crippen molar-refractivity contribution in [1.82, 2.24) is 0 Å². The summed E-state index contributed by atoms with van der Waals surface area (Å²) in [6, 6.07) is 11.4. The molecule has 2 aromatic rings. The first-order valence-electron chi connectivity index (χ1n) is 9.25. The second-order valence-corrected chi connectivity index (χ2v) is 8.10. The van der Waals surface area contributed by atoms with Gasteiger partial charge in [0.1, 0.15) is 0 Å². The Balaban J connectivity index is 1.52. The van der Waals surface area contributed by atoms with Crippen molar-refractivity contribution in [2.45, 2.75) is 19.8 Å². The monoisotopic (exact) mass is 428 g/mol. The highest BCUT2D eigenvalue weighted by Gasteiger charge is 2.48. The lowest BCUT2D eigenvalue weighted by Gasteiger charge is -2.18. The second kappa shape index (κ2) is 7.65. The van der Waals surface area contributed by atoms with Crippen LogP contribution in [0.15, 0.2) is 54.1 Å². The fourth-order valence-electron chi connectivity index (χ4n) is 3.85. The molecule has 1 aliphatic carbocycles. The number of amides is 3. The third-order valence-electron chi connectivity index (χ3n) is 5.41. The second-order valence-electron chi connectivity index (χ2n) is 7.32. The smallest absolute Gasteiger partial charge is 0.255 e. The number of imide groups is 1. The summed E-state index contributed by atoms with van der Waals surface area (Å²) in [6.45, 7) is 1.98. The average molecular weight is 429 g/mol. The van der Waals surface area contributed by atoms with Crippen LogP contribution in [-0.4, -0.2) is 17.7 Å². The number of fused-ring (bicyclic) bond motifs is 1. The largest absolute Gasteiger partial charge is 0.321 e. The van der Waals surface area contributed by atoms with Crippen molar-refractivity contribution in [3.05, 3.63) is 69.7 Å². The zero-order valence-electron chi connectivity index (χ0n) is 15.6. The van der Waals surface area contributed by atoms with Crippen LogP contribution in [0.25, 0.3) is 0 Å². The third-order valence-corrected chi connectivity index (χ3v) is 6.23. The van der Waals surface area contributed by atoms with Gasteiger partial charge in [0.05, 0.1) is 33.3 Å². The van der Waals surface area contributed by atoms with Gasteiger partial charge in [-0.3, -0.25) is 19.3 Å². The van der Waals surface area contributed by atoms with E-state index in [1.54, 1.807) is 42.5 Å². The van der Waals surface area contributed by atoms with Crippen molar-refractivity contribution < 1.29 is 14.4 Å². The molecule has 148 valence electrons. The molecule has 0 saturated carbocycles. The van der Waals surface area contributed by atoms with E-state index in [1.807, 2.05) is 13.0 Å². The Morgan fingerprint density at radius 1 is 1.03 bits per heavy atom. The Morgan fingerprint density at radius 3 is 2.45 bits per heavy atom. The Hall–Kier alpha value is -2.63. The van der Waals surface area contributed by atoms with Gasteiger partial charge in [-0.2, -0.15) is 0 Å². The number of benzene rings is 2. The summed E-state index contributed by atoms with van der Waals surface area (Å²) in [5, 5.41) is 3.32. The SMILES string of the molecule is CC1=CC[C@H]2C(=O)N(c3ccc(C(=O)Nc4cccc(Cl)c4Cl)cc3)C(=O)[C@H]2C1. The molecule has 0 aromatic heterocycles. The van der Waals surface area contributed by atoms with Crippen molar-refractivity contribution in [1.29, 1.82) is 0 Å². The molecule has 29 heavy (non-hydrogen) atoms. The summed E-state index contributed by atoms with van der Waals surface area (Å²) < 4.78 is 0. The number of hydrogen-bond donors (Lipinski definition) is 1. The van der Waals surface area contributed by atoms with Gasteiger partial charge in [-0.1, -0.05) is 40.9 Å². The Kier molecular flexibility index (Phi) is 5.19. The molecule has 1 aliphatic heterocycles. The van der Waals surface area contributed by atoms with Gasteiger partial charge < -0.3 is 5.32 Å². The minimum atomic E-state index is -0.367. The minimum absolute atomic E-state index is 0.171. The molecule has 1 saturated heterocycles. The van der Waals surface area contributed by atoms with Gasteiger partial charge >= 0.3 is 0 Å². The molecule has 0 radical (unpaired) electrons. The van der Waals surface area contributed by atoms with Gasteiger partial charge in [0.15, 0.2) is 0 Å². The van der Waals surface area contributed by atoms with E-state index in [0.717, 1.165) is 5.57 Å². The van der Waals surface area contributed by atoms with Gasteiger partial charge in [-0.15, -0.1) is 0 Å². The van der Waals surface area contributed by atoms with Crippen LogP contribution in [0.2, 0.25) is 10.0 Å². The van der Waals surface area contributed by atoms with Crippen molar-refractivity contribution in [2.24, 2.45) is 11.8 Å². The van der Waals surface area contributed by atoms with Gasteiger partial charge in [0.2, 0.25) is 11.8 Å². The predicted molar refractivity (Wildman–Crippen MR) is 113 cm³/mol. The van der Waals surface area contributed by atoms with Crippen LogP contribution >= 0.6 is 23.2 Å². The van der Waals surface area contributed by atoms with E-state index in [9.17, 15) is 14.4 Å². The standard InChI is InChI=1S/C22H18Cl2N2O3/c1-12-5-10-15-16(11-12)22(29)26(21(15)28)14-8-6-13(7-9-14)20(27)25-18-4-2-3-17(23)19(18)24/h2-9,15-16H,10-11H2,1H3,(H,25,27)/t15-,16+/m1/s1. The first-order valence-corrected chi connectivity index (χ1v) is 10.0. The zero-order chi connectivity index (χ0) is 20.7. The first-order chi connectivity index (χ1) is 13.9. The molecular weight excluding hydrogens is 411 g/mol. The van der Waals surface area contributed by atoms with Gasteiger partial charge in [-0.25, -0.2) is 0 Å². The molecule has 1 N–H and O–H groups in total. The maximum absolute atomic E-state index is 12.8. The lowest BCUT2D eigenvalue weighted by molar-refractivity contribution is -0.122. The minimum Gasteiger partial charge on any atom is -0.321 e. The molecule has 0 bridgehead atoms. The maximum Gasteiger partial charge on any atom is 0.255 e. The number of halogens is 2. The lowest BCUT2D eigenvalue weighted by Crippen LogP contribution is -2.30. The highest BCUT2D eigenvalue weighted by atomic mass is 35.5. The molecule has 1 heterocycles. The molecule has 2 atom stereocenters. The van der Waals surface area contributed by atoms with Crippen molar-refractivity contribution in [3.63, 3.8) is 0 Å². The number of carbonyl (C=O) groups is 3. The highest BCUT2D eigenvalue weighted by Crippen LogP contribution is 2.39. The molecule has 3 amide bonds. The number of carbonyl (C=O) groups excluding carboxylic acids is 3. The van der Waals surface area contributed by atoms with E-state index in [0.29, 0.717) is 34.8 Å². The summed E-state index contributed by atoms with van der Waals surface area (Å²) in [4.78, 5) is 39.3. The summed E-state index contributed by atoms with van der Waals surface area (Å²) in [7, 11) is 0. The number of allylic oxidation sites excluding steroid dienone is 2. The van der Waals surface area contributed by atoms with Crippen LogP contribution < -0.4 is 10.2 Å². The van der Waals surface area contributed by atoms with Crippen molar-refractivity contribution in [2.75, 3.05) is 10.2 Å². The molecule has 1 fully saturated rings. The number of rotatable bonds is 3. The summed E-state index contributed by atoms with van der Waals surface area (Å²) in [6.07, 6.45) is 3.25. The fraction of sp³-hybridized carbons (Fsp3) is 0.227. The Labute approximate surface area is 178 Å². The number of nitrogens with one attached hydrogen (secondary N) is 1. The normalized spacial score (nSPS) is 21.1. The molecule has 0 unspecified atom stereocenters. The van der Waals surface area contributed by atoms with Crippen LogP contribution in [0.4, 0.5) is 11.4 Å². The maximum atomic E-state index is 12.8. The average Bonchev–Trinajstić information content (AvgIpc) is 2.95. The van der Waals surface area contributed by atoms with Crippen molar-refractivity contribution >= 4 is 52.3 Å². The summed E-state index contributed by atoms with van der Waals surface area (Å²) in [5.41, 5.74) is 2.40. The van der Waals surface area contributed by atoms with E-state index in [-0.39, 0.29) is 34.6 Å². The van der Waals surface area contributed by atoms with Crippen molar-refractivity contribution in [3.8, 4) is 0 Å². The van der Waals surface area contributed by atoms with E-state index >= 15 is 0 Å². The summed E-state index contributed by atoms with van der Waals surface area (Å²) >= 11 is 12.1. The van der Waals surface area contributed by atoms with Crippen LogP contribution in [0.1, 0.15) is 30.1 Å². The molecule has 2 aromatic carbocycles. The quantitative estimate of drug-likeness (QED) is 0.546. The van der Waals surface area contributed by atoms with Crippen LogP contribution in [0.3, 0.4) is 0 Å². The Morgan fingerprint density at radius 2 is 1.72 bits per heavy atom. The number of hydrogen-bond acceptors (Lipinski definition) is 3. The molecule has 7 heteroatoms. The Bertz CT molecular complexity index is 1050. The fourth-order valence-corrected chi connectivity index (χ4v) is 4.20. The molecule has 4 rings (SSSR count). The third kappa shape index (κ3) is 3.56. The predicted octanol–water partition coefficient (Wildman–Crippen LogP) is 5.09. The number of anilines is 2. The first kappa shape index (κ1) is 19.7.